The van der Waals surface area contributed by atoms with E-state index in [9.17, 15) is 5.11 Å². The molecule has 5 aromatic carbocycles. The lowest BCUT2D eigenvalue weighted by molar-refractivity contribution is -0.282. The van der Waals surface area contributed by atoms with Crippen molar-refractivity contribution in [3.05, 3.63) is 191 Å². The maximum absolute atomic E-state index is 11.6. The van der Waals surface area contributed by atoms with Gasteiger partial charge in [-0.05, 0) is 83.5 Å². The zero-order valence-corrected chi connectivity index (χ0v) is 33.0. The Morgan fingerprint density at radius 3 is 1.79 bits per heavy atom. The maximum atomic E-state index is 11.6. The van der Waals surface area contributed by atoms with E-state index in [0.717, 1.165) is 54.5 Å². The minimum atomic E-state index is -0.778. The fourth-order valence-electron chi connectivity index (χ4n) is 7.34. The van der Waals surface area contributed by atoms with E-state index in [1.807, 2.05) is 73.7 Å². The summed E-state index contributed by atoms with van der Waals surface area (Å²) in [4.78, 5) is 0. The number of aryl methyl sites for hydroxylation is 2. The first-order valence-electron chi connectivity index (χ1n) is 20.2. The normalized spacial score (nSPS) is 20.1. The van der Waals surface area contributed by atoms with Gasteiger partial charge in [-0.15, -0.1) is 6.58 Å². The number of hydrogen-bond acceptors (Lipinski definition) is 6. The van der Waals surface area contributed by atoms with Crippen LogP contribution in [0.2, 0.25) is 0 Å². The summed E-state index contributed by atoms with van der Waals surface area (Å²) < 4.78 is 33.2. The van der Waals surface area contributed by atoms with Crippen molar-refractivity contribution in [3.8, 4) is 0 Å². The second-order valence-corrected chi connectivity index (χ2v) is 14.8. The van der Waals surface area contributed by atoms with E-state index < -0.39 is 36.6 Å². The Labute approximate surface area is 334 Å². The van der Waals surface area contributed by atoms with Crippen LogP contribution in [0.5, 0.6) is 0 Å². The number of aliphatic hydroxyl groups is 1. The molecular formula is C50H58O6. The highest BCUT2D eigenvalue weighted by molar-refractivity contribution is 5.38. The highest BCUT2D eigenvalue weighted by Gasteiger charge is 2.50. The third-order valence-electron chi connectivity index (χ3n) is 10.6. The molecule has 0 spiro atoms. The molecular weight excluding hydrogens is 697 g/mol. The molecule has 56 heavy (non-hydrogen) atoms. The van der Waals surface area contributed by atoms with Crippen molar-refractivity contribution in [1.82, 2.24) is 0 Å². The van der Waals surface area contributed by atoms with Crippen molar-refractivity contribution in [2.45, 2.75) is 102 Å². The number of hydrogen-bond donors (Lipinski definition) is 1. The van der Waals surface area contributed by atoms with Crippen LogP contribution in [0.3, 0.4) is 0 Å². The Kier molecular flexibility index (Phi) is 16.0. The van der Waals surface area contributed by atoms with Crippen LogP contribution >= 0.6 is 0 Å². The van der Waals surface area contributed by atoms with E-state index in [2.05, 4.69) is 80.2 Å². The van der Waals surface area contributed by atoms with Crippen LogP contribution in [0.25, 0.3) is 0 Å². The van der Waals surface area contributed by atoms with E-state index in [0.29, 0.717) is 32.8 Å². The Hall–Kier alpha value is -4.40. The Morgan fingerprint density at radius 1 is 0.661 bits per heavy atom. The van der Waals surface area contributed by atoms with Gasteiger partial charge in [-0.25, -0.2) is 0 Å². The number of unbranched alkanes of at least 4 members (excludes halogenated alkanes) is 1. The third-order valence-corrected chi connectivity index (χ3v) is 10.6. The highest BCUT2D eigenvalue weighted by Crippen LogP contribution is 2.40. The summed E-state index contributed by atoms with van der Waals surface area (Å²) in [5.74, 6) is 0. The lowest BCUT2D eigenvalue weighted by Gasteiger charge is -2.47. The number of benzene rings is 5. The molecule has 1 fully saturated rings. The summed E-state index contributed by atoms with van der Waals surface area (Å²) in [5.41, 5.74) is 9.14. The zero-order chi connectivity index (χ0) is 39.0. The number of rotatable bonds is 21. The van der Waals surface area contributed by atoms with Crippen LogP contribution in [-0.4, -0.2) is 48.8 Å². The van der Waals surface area contributed by atoms with Crippen LogP contribution in [0, 0.1) is 6.92 Å². The molecule has 1 unspecified atom stereocenters. The molecule has 1 aliphatic rings. The van der Waals surface area contributed by atoms with Crippen LogP contribution in [-0.2, 0) is 56.3 Å². The molecule has 0 aromatic heterocycles. The molecule has 6 heteroatoms. The largest absolute Gasteiger partial charge is 0.390 e. The second-order valence-electron chi connectivity index (χ2n) is 14.8. The van der Waals surface area contributed by atoms with Crippen molar-refractivity contribution in [1.29, 1.82) is 0 Å². The van der Waals surface area contributed by atoms with E-state index in [1.165, 1.54) is 22.3 Å². The molecule has 6 rings (SSSR count). The summed E-state index contributed by atoms with van der Waals surface area (Å²) in [6.07, 6.45) is 2.57. The van der Waals surface area contributed by atoms with Crippen LogP contribution < -0.4 is 0 Å². The van der Waals surface area contributed by atoms with Gasteiger partial charge in [-0.3, -0.25) is 0 Å². The summed E-state index contributed by atoms with van der Waals surface area (Å²) >= 11 is 0. The first-order valence-corrected chi connectivity index (χ1v) is 20.2. The molecule has 6 nitrogen and oxygen atoms in total. The SMILES string of the molecule is C=CCOCCCCc1ccc(Cc2cc([C@@H]3O[C@H](C(O)CC)[C@@H](OCc4ccccc4)[C@H](OCc4ccccc4)[C@H]3OCc3ccccc3)ccc2C)cc1. The van der Waals surface area contributed by atoms with E-state index >= 15 is 0 Å². The quantitative estimate of drug-likeness (QED) is 0.0595. The summed E-state index contributed by atoms with van der Waals surface area (Å²) in [5, 5.41) is 11.6. The van der Waals surface area contributed by atoms with Gasteiger partial charge < -0.3 is 28.8 Å². The van der Waals surface area contributed by atoms with Gasteiger partial charge in [0.2, 0.25) is 0 Å². The van der Waals surface area contributed by atoms with Gasteiger partial charge >= 0.3 is 0 Å². The molecule has 1 aliphatic heterocycles. The molecule has 0 amide bonds. The van der Waals surface area contributed by atoms with Gasteiger partial charge in [0, 0.05) is 6.61 Å². The second kappa shape index (κ2) is 21.8. The monoisotopic (exact) mass is 754 g/mol. The van der Waals surface area contributed by atoms with Crippen molar-refractivity contribution in [3.63, 3.8) is 0 Å². The van der Waals surface area contributed by atoms with Crippen LogP contribution in [0.4, 0.5) is 0 Å². The fraction of sp³-hybridized carbons (Fsp3) is 0.360. The zero-order valence-electron chi connectivity index (χ0n) is 33.0. The first-order chi connectivity index (χ1) is 27.5. The molecule has 0 bridgehead atoms. The molecule has 6 atom stereocenters. The summed E-state index contributed by atoms with van der Waals surface area (Å²) in [6.45, 7) is 10.3. The van der Waals surface area contributed by atoms with Crippen LogP contribution in [0.15, 0.2) is 146 Å². The van der Waals surface area contributed by atoms with E-state index in [1.54, 1.807) is 6.08 Å². The van der Waals surface area contributed by atoms with Crippen molar-refractivity contribution >= 4 is 0 Å². The molecule has 0 radical (unpaired) electrons. The average Bonchev–Trinajstić information content (AvgIpc) is 3.24. The molecule has 1 N–H and O–H groups in total. The van der Waals surface area contributed by atoms with Crippen molar-refractivity contribution < 1.29 is 28.8 Å². The minimum absolute atomic E-state index is 0.348. The fourth-order valence-corrected chi connectivity index (χ4v) is 7.34. The van der Waals surface area contributed by atoms with E-state index in [4.69, 9.17) is 23.7 Å². The first kappa shape index (κ1) is 41.2. The minimum Gasteiger partial charge on any atom is -0.390 e. The lowest BCUT2D eigenvalue weighted by atomic mass is 9.86. The molecule has 1 saturated heterocycles. The Bertz CT molecular complexity index is 1860. The van der Waals surface area contributed by atoms with Crippen molar-refractivity contribution in [2.24, 2.45) is 0 Å². The van der Waals surface area contributed by atoms with Gasteiger partial charge in [0.15, 0.2) is 0 Å². The van der Waals surface area contributed by atoms with Gasteiger partial charge in [0.05, 0.1) is 32.5 Å². The average molecular weight is 755 g/mol. The van der Waals surface area contributed by atoms with Gasteiger partial charge in [0.25, 0.3) is 0 Å². The molecule has 1 heterocycles. The third kappa shape index (κ3) is 11.8. The number of aliphatic hydroxyl groups excluding tert-OH is 1. The van der Waals surface area contributed by atoms with Gasteiger partial charge in [-0.1, -0.05) is 146 Å². The highest BCUT2D eigenvalue weighted by atomic mass is 16.6. The summed E-state index contributed by atoms with van der Waals surface area (Å²) in [6, 6.07) is 46.0. The smallest absolute Gasteiger partial charge is 0.117 e. The standard InChI is InChI=1S/C50H58O6/c1-4-30-52-31-16-15-17-38-25-27-39(28-26-38)32-44-33-43(29-24-37(44)3)46-48(53-34-40-18-9-6-10-19-40)50(55-36-42-22-13-8-14-23-42)49(47(56-46)45(51)5-2)54-35-41-20-11-7-12-21-41/h4,6-14,18-29,33,45-51H,1,5,15-17,30-32,34-36H2,2-3H3/t45?,46-,47+,48-,49+,50+/m0/s1. The topological polar surface area (TPSA) is 66.4 Å². The molecule has 0 aliphatic carbocycles. The molecule has 294 valence electrons. The summed E-state index contributed by atoms with van der Waals surface area (Å²) in [7, 11) is 0. The lowest BCUT2D eigenvalue weighted by Crippen LogP contribution is -2.60. The Balaban J connectivity index is 1.30. The number of ether oxygens (including phenoxy) is 5. The van der Waals surface area contributed by atoms with Gasteiger partial charge in [0.1, 0.15) is 30.5 Å². The Morgan fingerprint density at radius 2 is 1.21 bits per heavy atom. The van der Waals surface area contributed by atoms with Gasteiger partial charge in [-0.2, -0.15) is 0 Å². The predicted octanol–water partition coefficient (Wildman–Crippen LogP) is 10.1. The van der Waals surface area contributed by atoms with Crippen LogP contribution in [0.1, 0.15) is 76.8 Å². The predicted molar refractivity (Wildman–Crippen MR) is 223 cm³/mol. The molecule has 5 aromatic rings. The maximum Gasteiger partial charge on any atom is 0.117 e. The molecule has 0 saturated carbocycles. The van der Waals surface area contributed by atoms with E-state index in [-0.39, 0.29) is 0 Å². The van der Waals surface area contributed by atoms with Crippen molar-refractivity contribution in [2.75, 3.05) is 13.2 Å².